The van der Waals surface area contributed by atoms with Crippen molar-refractivity contribution in [3.63, 3.8) is 0 Å². The number of aliphatic hydroxyl groups is 2. The second-order valence-corrected chi connectivity index (χ2v) is 6.68. The van der Waals surface area contributed by atoms with Gasteiger partial charge in [-0.3, -0.25) is 4.79 Å². The molecule has 0 aliphatic carbocycles. The van der Waals surface area contributed by atoms with Crippen molar-refractivity contribution in [3.8, 4) is 0 Å². The lowest BCUT2D eigenvalue weighted by atomic mass is 10.1. The van der Waals surface area contributed by atoms with Gasteiger partial charge in [0.2, 0.25) is 0 Å². The predicted molar refractivity (Wildman–Crippen MR) is 93.6 cm³/mol. The molecule has 0 spiro atoms. The molecule has 2 unspecified atom stereocenters. The highest BCUT2D eigenvalue weighted by atomic mass is 32.1. The van der Waals surface area contributed by atoms with Crippen molar-refractivity contribution in [2.45, 2.75) is 25.7 Å². The van der Waals surface area contributed by atoms with Gasteiger partial charge in [-0.1, -0.05) is 42.0 Å². The van der Waals surface area contributed by atoms with E-state index in [9.17, 15) is 15.0 Å². The number of hydrogen-bond donors (Lipinski definition) is 3. The molecule has 24 heavy (non-hydrogen) atoms. The van der Waals surface area contributed by atoms with Crippen molar-refractivity contribution in [2.75, 3.05) is 0 Å². The second-order valence-electron chi connectivity index (χ2n) is 5.61. The van der Waals surface area contributed by atoms with Crippen LogP contribution in [0.4, 0.5) is 0 Å². The van der Waals surface area contributed by atoms with E-state index in [2.05, 4.69) is 10.3 Å². The average molecular weight is 342 g/mol. The first-order valence-corrected chi connectivity index (χ1v) is 8.41. The van der Waals surface area contributed by atoms with Crippen molar-refractivity contribution in [1.82, 2.24) is 10.3 Å². The van der Waals surface area contributed by atoms with Gasteiger partial charge in [0.05, 0.1) is 10.2 Å². The molecule has 3 N–H and O–H groups in total. The largest absolute Gasteiger partial charge is 0.383 e. The van der Waals surface area contributed by atoms with Crippen LogP contribution in [0.15, 0.2) is 48.5 Å². The summed E-state index contributed by atoms with van der Waals surface area (Å²) in [5, 5.41) is 23.3. The molecule has 3 rings (SSSR count). The molecule has 1 heterocycles. The van der Waals surface area contributed by atoms with E-state index >= 15 is 0 Å². The molecule has 0 radical (unpaired) electrons. The zero-order valence-electron chi connectivity index (χ0n) is 13.1. The van der Waals surface area contributed by atoms with E-state index in [0.717, 1.165) is 21.3 Å². The fraction of sp³-hybridized carbons (Fsp3) is 0.222. The first-order valence-electron chi connectivity index (χ1n) is 7.59. The van der Waals surface area contributed by atoms with E-state index in [-0.39, 0.29) is 0 Å². The number of nitrogens with one attached hydrogen (secondary N) is 1. The summed E-state index contributed by atoms with van der Waals surface area (Å²) < 4.78 is 0.902. The summed E-state index contributed by atoms with van der Waals surface area (Å²) in [4.78, 5) is 16.3. The van der Waals surface area contributed by atoms with Crippen LogP contribution in [0.25, 0.3) is 10.2 Å². The summed E-state index contributed by atoms with van der Waals surface area (Å²) in [5.74, 6) is -0.623. The van der Waals surface area contributed by atoms with E-state index < -0.39 is 18.1 Å². The maximum Gasteiger partial charge on any atom is 0.252 e. The molecule has 2 atom stereocenters. The van der Waals surface area contributed by atoms with Gasteiger partial charge in [-0.25, -0.2) is 4.98 Å². The Bertz CT molecular complexity index is 812. The van der Waals surface area contributed by atoms with Crippen LogP contribution in [0.5, 0.6) is 0 Å². The van der Waals surface area contributed by atoms with Crippen LogP contribution in [-0.4, -0.2) is 27.2 Å². The number of fused-ring (bicyclic) bond motifs is 1. The lowest BCUT2D eigenvalue weighted by Crippen LogP contribution is -2.38. The van der Waals surface area contributed by atoms with Gasteiger partial charge < -0.3 is 15.5 Å². The van der Waals surface area contributed by atoms with Crippen LogP contribution in [-0.2, 0) is 11.3 Å². The lowest BCUT2D eigenvalue weighted by Gasteiger charge is -2.15. The van der Waals surface area contributed by atoms with E-state index in [1.807, 2.05) is 55.5 Å². The van der Waals surface area contributed by atoms with Crippen molar-refractivity contribution >= 4 is 27.5 Å². The highest BCUT2D eigenvalue weighted by molar-refractivity contribution is 7.18. The van der Waals surface area contributed by atoms with Gasteiger partial charge in [0.1, 0.15) is 11.1 Å². The number of carbonyl (C=O) groups excluding carboxylic acids is 1. The number of amides is 1. The lowest BCUT2D eigenvalue weighted by molar-refractivity contribution is -0.135. The normalized spacial score (nSPS) is 13.6. The molecule has 0 saturated carbocycles. The molecule has 0 fully saturated rings. The third-order valence-corrected chi connectivity index (χ3v) is 4.83. The van der Waals surface area contributed by atoms with Gasteiger partial charge in [-0.15, -0.1) is 11.3 Å². The molecule has 5 nitrogen and oxygen atoms in total. The van der Waals surface area contributed by atoms with E-state index in [1.54, 1.807) is 0 Å². The number of nitrogens with zero attached hydrogens (tertiary/aromatic N) is 1. The monoisotopic (exact) mass is 342 g/mol. The van der Waals surface area contributed by atoms with E-state index in [4.69, 9.17) is 0 Å². The molecular formula is C18H18N2O3S. The fourth-order valence-corrected chi connectivity index (χ4v) is 3.28. The highest BCUT2D eigenvalue weighted by Gasteiger charge is 2.28. The first-order chi connectivity index (χ1) is 11.5. The zero-order chi connectivity index (χ0) is 17.1. The quantitative estimate of drug-likeness (QED) is 0.664. The van der Waals surface area contributed by atoms with E-state index in [1.165, 1.54) is 11.3 Å². The Morgan fingerprint density at radius 3 is 2.58 bits per heavy atom. The summed E-state index contributed by atoms with van der Waals surface area (Å²) in [6.45, 7) is 2.28. The van der Waals surface area contributed by atoms with Crippen LogP contribution in [0.1, 0.15) is 22.2 Å². The molecule has 0 aliphatic heterocycles. The van der Waals surface area contributed by atoms with Crippen LogP contribution in [0, 0.1) is 6.92 Å². The molecule has 0 saturated heterocycles. The third kappa shape index (κ3) is 3.62. The number of rotatable bonds is 5. The van der Waals surface area contributed by atoms with Gasteiger partial charge in [0.15, 0.2) is 6.10 Å². The standard InChI is InChI=1S/C18H18N2O3S/c1-11-6-8-12(9-7-11)10-19-17(23)15(21)16(22)18-20-13-4-2-3-5-14(13)24-18/h2-9,15-16,21-22H,10H2,1H3,(H,19,23). The smallest absolute Gasteiger partial charge is 0.252 e. The minimum atomic E-state index is -1.56. The van der Waals surface area contributed by atoms with Crippen LogP contribution < -0.4 is 5.32 Å². The molecule has 3 aromatic rings. The molecule has 6 heteroatoms. The molecular weight excluding hydrogens is 324 g/mol. The Hall–Kier alpha value is -2.28. The number of benzene rings is 2. The van der Waals surface area contributed by atoms with Gasteiger partial charge >= 0.3 is 0 Å². The number of aliphatic hydroxyl groups excluding tert-OH is 2. The molecule has 0 bridgehead atoms. The predicted octanol–water partition coefficient (Wildman–Crippen LogP) is 2.32. The Morgan fingerprint density at radius 1 is 1.17 bits per heavy atom. The number of para-hydroxylation sites is 1. The van der Waals surface area contributed by atoms with E-state index in [0.29, 0.717) is 11.6 Å². The first kappa shape index (κ1) is 16.6. The van der Waals surface area contributed by atoms with Crippen molar-refractivity contribution < 1.29 is 15.0 Å². The second kappa shape index (κ2) is 7.09. The van der Waals surface area contributed by atoms with Crippen molar-refractivity contribution in [2.24, 2.45) is 0 Å². The Balaban J connectivity index is 1.64. The van der Waals surface area contributed by atoms with Crippen molar-refractivity contribution in [3.05, 3.63) is 64.7 Å². The average Bonchev–Trinajstić information content (AvgIpc) is 3.03. The minimum Gasteiger partial charge on any atom is -0.383 e. The molecule has 0 aliphatic rings. The minimum absolute atomic E-state index is 0.294. The van der Waals surface area contributed by atoms with Crippen molar-refractivity contribution in [1.29, 1.82) is 0 Å². The summed E-state index contributed by atoms with van der Waals surface area (Å²) in [6, 6.07) is 15.2. The topological polar surface area (TPSA) is 82.5 Å². The Labute approximate surface area is 143 Å². The van der Waals surface area contributed by atoms with Crippen LogP contribution in [0.2, 0.25) is 0 Å². The van der Waals surface area contributed by atoms with Gasteiger partial charge in [0, 0.05) is 6.54 Å². The fourth-order valence-electron chi connectivity index (χ4n) is 2.29. The highest BCUT2D eigenvalue weighted by Crippen LogP contribution is 2.27. The van der Waals surface area contributed by atoms with Crippen LogP contribution >= 0.6 is 11.3 Å². The van der Waals surface area contributed by atoms with Gasteiger partial charge in [-0.2, -0.15) is 0 Å². The van der Waals surface area contributed by atoms with Gasteiger partial charge in [-0.05, 0) is 24.6 Å². The summed E-state index contributed by atoms with van der Waals surface area (Å²) in [7, 11) is 0. The summed E-state index contributed by atoms with van der Waals surface area (Å²) in [5.41, 5.74) is 2.80. The number of aromatic nitrogens is 1. The number of aryl methyl sites for hydroxylation is 1. The summed E-state index contributed by atoms with van der Waals surface area (Å²) >= 11 is 1.27. The number of carbonyl (C=O) groups is 1. The molecule has 124 valence electrons. The molecule has 1 amide bonds. The molecule has 2 aromatic carbocycles. The maximum atomic E-state index is 12.1. The zero-order valence-corrected chi connectivity index (χ0v) is 14.0. The Kier molecular flexibility index (Phi) is 4.89. The molecule has 1 aromatic heterocycles. The number of hydrogen-bond acceptors (Lipinski definition) is 5. The SMILES string of the molecule is Cc1ccc(CNC(=O)C(O)C(O)c2nc3ccccc3s2)cc1. The van der Waals surface area contributed by atoms with Gasteiger partial charge in [0.25, 0.3) is 5.91 Å². The third-order valence-electron chi connectivity index (χ3n) is 3.72. The van der Waals surface area contributed by atoms with Crippen LogP contribution in [0.3, 0.4) is 0 Å². The maximum absolute atomic E-state index is 12.1. The Morgan fingerprint density at radius 2 is 1.88 bits per heavy atom. The number of thiazole rings is 1. The summed E-state index contributed by atoms with van der Waals surface area (Å²) in [6.07, 6.45) is -2.91.